The normalized spacial score (nSPS) is 13.2. The van der Waals surface area contributed by atoms with E-state index in [-0.39, 0.29) is 11.9 Å². The molecular formula is C17H17FN2O. The first kappa shape index (κ1) is 15.0. The van der Waals surface area contributed by atoms with Gasteiger partial charge in [0, 0.05) is 6.04 Å². The highest BCUT2D eigenvalue weighted by molar-refractivity contribution is 5.43. The zero-order chi connectivity index (χ0) is 15.2. The molecule has 3 nitrogen and oxygen atoms in total. The van der Waals surface area contributed by atoms with E-state index in [2.05, 4.69) is 6.07 Å². The lowest BCUT2D eigenvalue weighted by Crippen LogP contribution is -2.31. The average Bonchev–Trinajstić information content (AvgIpc) is 2.53. The van der Waals surface area contributed by atoms with Gasteiger partial charge in [-0.3, -0.25) is 0 Å². The third-order valence-electron chi connectivity index (χ3n) is 3.32. The molecule has 0 saturated carbocycles. The highest BCUT2D eigenvalue weighted by Crippen LogP contribution is 2.27. The molecule has 2 aromatic rings. The van der Waals surface area contributed by atoms with E-state index in [1.807, 2.05) is 6.92 Å². The summed E-state index contributed by atoms with van der Waals surface area (Å²) in [6.45, 7) is 1.96. The lowest BCUT2D eigenvalue weighted by molar-refractivity contribution is 0.170. The van der Waals surface area contributed by atoms with Gasteiger partial charge in [0.25, 0.3) is 0 Å². The molecule has 2 atom stereocenters. The van der Waals surface area contributed by atoms with Crippen LogP contribution in [-0.4, -0.2) is 6.04 Å². The zero-order valence-electron chi connectivity index (χ0n) is 11.8. The Hall–Kier alpha value is -2.38. The van der Waals surface area contributed by atoms with Crippen molar-refractivity contribution in [3.8, 4) is 11.8 Å². The van der Waals surface area contributed by atoms with Crippen LogP contribution < -0.4 is 10.5 Å². The second-order valence-electron chi connectivity index (χ2n) is 4.77. The van der Waals surface area contributed by atoms with Gasteiger partial charge < -0.3 is 10.5 Å². The summed E-state index contributed by atoms with van der Waals surface area (Å²) in [6.07, 6.45) is 0.279. The first-order chi connectivity index (χ1) is 10.2. The molecule has 0 bridgehead atoms. The highest BCUT2D eigenvalue weighted by atomic mass is 19.1. The van der Waals surface area contributed by atoms with Gasteiger partial charge in [-0.1, -0.05) is 31.2 Å². The molecule has 0 aromatic heterocycles. The second-order valence-corrected chi connectivity index (χ2v) is 4.77. The molecule has 0 amide bonds. The molecule has 0 radical (unpaired) electrons. The Labute approximate surface area is 123 Å². The molecule has 0 heterocycles. The quantitative estimate of drug-likeness (QED) is 0.913. The maximum Gasteiger partial charge on any atom is 0.139 e. The van der Waals surface area contributed by atoms with Crippen LogP contribution in [-0.2, 0) is 0 Å². The molecule has 2 rings (SSSR count). The molecule has 2 aromatic carbocycles. The van der Waals surface area contributed by atoms with Crippen LogP contribution >= 0.6 is 0 Å². The van der Waals surface area contributed by atoms with Gasteiger partial charge in [0.15, 0.2) is 0 Å². The third kappa shape index (κ3) is 3.59. The SMILES string of the molecule is CCC(N)C(Oc1ccccc1C#N)c1ccc(F)cc1. The van der Waals surface area contributed by atoms with Gasteiger partial charge in [-0.05, 0) is 36.2 Å². The van der Waals surface area contributed by atoms with Crippen molar-refractivity contribution in [2.24, 2.45) is 5.73 Å². The molecule has 2 N–H and O–H groups in total. The molecule has 0 aliphatic carbocycles. The van der Waals surface area contributed by atoms with Gasteiger partial charge >= 0.3 is 0 Å². The van der Waals surface area contributed by atoms with Gasteiger partial charge in [-0.15, -0.1) is 0 Å². The lowest BCUT2D eigenvalue weighted by atomic mass is 10.0. The van der Waals surface area contributed by atoms with Gasteiger partial charge in [-0.25, -0.2) is 4.39 Å². The third-order valence-corrected chi connectivity index (χ3v) is 3.32. The minimum absolute atomic E-state index is 0.248. The Balaban J connectivity index is 2.33. The van der Waals surface area contributed by atoms with Crippen LogP contribution in [0.25, 0.3) is 0 Å². The fourth-order valence-corrected chi connectivity index (χ4v) is 2.07. The minimum Gasteiger partial charge on any atom is -0.483 e. The largest absolute Gasteiger partial charge is 0.483 e. The molecule has 21 heavy (non-hydrogen) atoms. The highest BCUT2D eigenvalue weighted by Gasteiger charge is 2.21. The van der Waals surface area contributed by atoms with Gasteiger partial charge in [-0.2, -0.15) is 5.26 Å². The Bertz CT molecular complexity index is 634. The summed E-state index contributed by atoms with van der Waals surface area (Å²) in [6, 6.07) is 14.9. The Kier molecular flexibility index (Phi) is 4.91. The number of benzene rings is 2. The van der Waals surface area contributed by atoms with Crippen molar-refractivity contribution >= 4 is 0 Å². The average molecular weight is 284 g/mol. The van der Waals surface area contributed by atoms with Crippen molar-refractivity contribution < 1.29 is 9.13 Å². The van der Waals surface area contributed by atoms with Crippen LogP contribution in [0.1, 0.15) is 30.6 Å². The number of para-hydroxylation sites is 1. The fraction of sp³-hybridized carbons (Fsp3) is 0.235. The van der Waals surface area contributed by atoms with Crippen molar-refractivity contribution in [1.82, 2.24) is 0 Å². The number of nitriles is 1. The smallest absolute Gasteiger partial charge is 0.139 e. The number of hydrogen-bond acceptors (Lipinski definition) is 3. The standard InChI is InChI=1S/C17H17FN2O/c1-2-15(20)17(12-7-9-14(18)10-8-12)21-16-6-4-3-5-13(16)11-19/h3-10,15,17H,2,20H2,1H3. The van der Waals surface area contributed by atoms with Crippen molar-refractivity contribution in [3.05, 3.63) is 65.5 Å². The molecule has 0 fully saturated rings. The first-order valence-electron chi connectivity index (χ1n) is 6.82. The van der Waals surface area contributed by atoms with Crippen molar-refractivity contribution in [2.45, 2.75) is 25.5 Å². The van der Waals surface area contributed by atoms with Gasteiger partial charge in [0.1, 0.15) is 23.7 Å². The fourth-order valence-electron chi connectivity index (χ4n) is 2.07. The molecule has 108 valence electrons. The summed E-state index contributed by atoms with van der Waals surface area (Å²) >= 11 is 0. The van der Waals surface area contributed by atoms with E-state index in [0.29, 0.717) is 17.7 Å². The van der Waals surface area contributed by atoms with Crippen LogP contribution in [0, 0.1) is 17.1 Å². The van der Waals surface area contributed by atoms with Crippen molar-refractivity contribution in [2.75, 3.05) is 0 Å². The Morgan fingerprint density at radius 1 is 1.19 bits per heavy atom. The number of nitrogens with two attached hydrogens (primary N) is 1. The van der Waals surface area contributed by atoms with Crippen molar-refractivity contribution in [3.63, 3.8) is 0 Å². The molecule has 2 unspecified atom stereocenters. The predicted molar refractivity (Wildman–Crippen MR) is 79.2 cm³/mol. The summed E-state index contributed by atoms with van der Waals surface area (Å²) in [7, 11) is 0. The minimum atomic E-state index is -0.426. The van der Waals surface area contributed by atoms with E-state index >= 15 is 0 Å². The van der Waals surface area contributed by atoms with E-state index in [4.69, 9.17) is 15.7 Å². The summed E-state index contributed by atoms with van der Waals surface area (Å²) < 4.78 is 19.0. The molecule has 0 aliphatic heterocycles. The van der Waals surface area contributed by atoms with Crippen LogP contribution in [0.4, 0.5) is 4.39 Å². The van der Waals surface area contributed by atoms with Gasteiger partial charge in [0.05, 0.1) is 5.56 Å². The summed E-state index contributed by atoms with van der Waals surface area (Å²) in [5, 5.41) is 9.12. The zero-order valence-corrected chi connectivity index (χ0v) is 11.8. The van der Waals surface area contributed by atoms with Crippen molar-refractivity contribution in [1.29, 1.82) is 5.26 Å². The lowest BCUT2D eigenvalue weighted by Gasteiger charge is -2.25. The number of nitrogens with zero attached hydrogens (tertiary/aromatic N) is 1. The number of ether oxygens (including phenoxy) is 1. The molecule has 4 heteroatoms. The molecule has 0 spiro atoms. The number of hydrogen-bond donors (Lipinski definition) is 1. The van der Waals surface area contributed by atoms with Crippen LogP contribution in [0.5, 0.6) is 5.75 Å². The van der Waals surface area contributed by atoms with Gasteiger partial charge in [0.2, 0.25) is 0 Å². The summed E-state index contributed by atoms with van der Waals surface area (Å²) in [5.74, 6) is 0.179. The van der Waals surface area contributed by atoms with E-state index in [9.17, 15) is 4.39 Å². The summed E-state index contributed by atoms with van der Waals surface area (Å²) in [4.78, 5) is 0. The maximum absolute atomic E-state index is 13.1. The summed E-state index contributed by atoms with van der Waals surface area (Å²) in [5.41, 5.74) is 7.37. The molecule has 0 aliphatic rings. The first-order valence-corrected chi connectivity index (χ1v) is 6.82. The van der Waals surface area contributed by atoms with E-state index in [1.165, 1.54) is 12.1 Å². The van der Waals surface area contributed by atoms with Crippen LogP contribution in [0.3, 0.4) is 0 Å². The molecule has 0 saturated heterocycles. The van der Waals surface area contributed by atoms with Crippen LogP contribution in [0.2, 0.25) is 0 Å². The second kappa shape index (κ2) is 6.87. The number of rotatable bonds is 5. The Morgan fingerprint density at radius 2 is 1.86 bits per heavy atom. The predicted octanol–water partition coefficient (Wildman–Crippen LogP) is 3.55. The molecular weight excluding hydrogens is 267 g/mol. The van der Waals surface area contributed by atoms with E-state index in [0.717, 1.165) is 5.56 Å². The maximum atomic E-state index is 13.1. The number of halogens is 1. The topological polar surface area (TPSA) is 59.0 Å². The van der Waals surface area contributed by atoms with E-state index < -0.39 is 6.10 Å². The van der Waals surface area contributed by atoms with Crippen LogP contribution in [0.15, 0.2) is 48.5 Å². The van der Waals surface area contributed by atoms with E-state index in [1.54, 1.807) is 36.4 Å². The Morgan fingerprint density at radius 3 is 2.48 bits per heavy atom. The monoisotopic (exact) mass is 284 g/mol.